The molecular weight excluding hydrogens is 204 g/mol. The van der Waals surface area contributed by atoms with Crippen LogP contribution in [0, 0.1) is 6.92 Å². The van der Waals surface area contributed by atoms with Gasteiger partial charge in [0.1, 0.15) is 5.75 Å². The van der Waals surface area contributed by atoms with Gasteiger partial charge in [-0.25, -0.2) is 4.98 Å². The minimum absolute atomic E-state index is 0.579. The summed E-state index contributed by atoms with van der Waals surface area (Å²) in [6, 6.07) is 7.76. The highest BCUT2D eigenvalue weighted by Crippen LogP contribution is 2.24. The molecule has 0 bridgehead atoms. The molecule has 2 heterocycles. The second-order valence-corrected chi connectivity index (χ2v) is 3.67. The standard InChI is InChI=1S/C12H10N2O2/c1-7-10-6-8-5-9(15-2)3-4-11(8)13-12(10)16-14-7/h3-6H,1-2H3. The molecule has 0 saturated carbocycles. The number of nitrogens with zero attached hydrogens (tertiary/aromatic N) is 2. The van der Waals surface area contributed by atoms with E-state index < -0.39 is 0 Å². The van der Waals surface area contributed by atoms with Gasteiger partial charge in [-0.15, -0.1) is 0 Å². The third-order valence-electron chi connectivity index (χ3n) is 2.65. The maximum atomic E-state index is 5.18. The summed E-state index contributed by atoms with van der Waals surface area (Å²) < 4.78 is 10.3. The van der Waals surface area contributed by atoms with E-state index in [1.54, 1.807) is 7.11 Å². The Morgan fingerprint density at radius 3 is 2.94 bits per heavy atom. The highest BCUT2D eigenvalue weighted by molar-refractivity contribution is 5.92. The Bertz CT molecular complexity index is 673. The molecule has 0 aliphatic carbocycles. The van der Waals surface area contributed by atoms with Crippen molar-refractivity contribution in [3.8, 4) is 5.75 Å². The number of aromatic nitrogens is 2. The number of aryl methyl sites for hydroxylation is 1. The lowest BCUT2D eigenvalue weighted by atomic mass is 10.1. The summed E-state index contributed by atoms with van der Waals surface area (Å²) in [6.07, 6.45) is 0. The van der Waals surface area contributed by atoms with Crippen molar-refractivity contribution in [2.75, 3.05) is 7.11 Å². The van der Waals surface area contributed by atoms with Gasteiger partial charge < -0.3 is 9.26 Å². The van der Waals surface area contributed by atoms with Crippen LogP contribution in [0.4, 0.5) is 0 Å². The average molecular weight is 214 g/mol. The van der Waals surface area contributed by atoms with Crippen LogP contribution in [-0.2, 0) is 0 Å². The molecule has 0 fully saturated rings. The lowest BCUT2D eigenvalue weighted by Gasteiger charge is -2.01. The molecule has 80 valence electrons. The van der Waals surface area contributed by atoms with E-state index in [0.717, 1.165) is 27.7 Å². The number of fused-ring (bicyclic) bond motifs is 2. The van der Waals surface area contributed by atoms with E-state index in [0.29, 0.717) is 5.71 Å². The van der Waals surface area contributed by atoms with Crippen LogP contribution < -0.4 is 4.74 Å². The number of hydrogen-bond acceptors (Lipinski definition) is 4. The van der Waals surface area contributed by atoms with Gasteiger partial charge in [-0.2, -0.15) is 0 Å². The normalized spacial score (nSPS) is 11.1. The van der Waals surface area contributed by atoms with Crippen molar-refractivity contribution in [1.29, 1.82) is 0 Å². The second-order valence-electron chi connectivity index (χ2n) is 3.67. The number of methoxy groups -OCH3 is 1. The van der Waals surface area contributed by atoms with E-state index in [-0.39, 0.29) is 0 Å². The molecule has 1 aromatic carbocycles. The third-order valence-corrected chi connectivity index (χ3v) is 2.65. The Kier molecular flexibility index (Phi) is 1.83. The Hall–Kier alpha value is -2.10. The predicted molar refractivity (Wildman–Crippen MR) is 60.6 cm³/mol. The van der Waals surface area contributed by atoms with Crippen molar-refractivity contribution in [3.63, 3.8) is 0 Å². The SMILES string of the molecule is COc1ccc2nc3onc(C)c3cc2c1. The van der Waals surface area contributed by atoms with Crippen LogP contribution in [0.25, 0.3) is 22.0 Å². The van der Waals surface area contributed by atoms with E-state index >= 15 is 0 Å². The molecule has 2 aromatic heterocycles. The molecule has 0 radical (unpaired) electrons. The van der Waals surface area contributed by atoms with Gasteiger partial charge in [0.2, 0.25) is 0 Å². The Labute approximate surface area is 91.8 Å². The highest BCUT2D eigenvalue weighted by atomic mass is 16.5. The van der Waals surface area contributed by atoms with Gasteiger partial charge in [0.05, 0.1) is 23.7 Å². The fourth-order valence-electron chi connectivity index (χ4n) is 1.75. The van der Waals surface area contributed by atoms with E-state index in [1.165, 1.54) is 0 Å². The zero-order valence-electron chi connectivity index (χ0n) is 9.02. The van der Waals surface area contributed by atoms with Crippen molar-refractivity contribution >= 4 is 22.0 Å². The second kappa shape index (κ2) is 3.20. The van der Waals surface area contributed by atoms with Crippen molar-refractivity contribution in [2.45, 2.75) is 6.92 Å². The van der Waals surface area contributed by atoms with Gasteiger partial charge >= 0.3 is 0 Å². The molecule has 0 atom stereocenters. The van der Waals surface area contributed by atoms with Crippen molar-refractivity contribution < 1.29 is 9.26 Å². The van der Waals surface area contributed by atoms with Crippen molar-refractivity contribution in [3.05, 3.63) is 30.0 Å². The molecule has 3 aromatic rings. The lowest BCUT2D eigenvalue weighted by Crippen LogP contribution is -1.84. The van der Waals surface area contributed by atoms with E-state index in [4.69, 9.17) is 9.26 Å². The first-order valence-electron chi connectivity index (χ1n) is 4.99. The molecule has 3 rings (SSSR count). The molecule has 4 heteroatoms. The van der Waals surface area contributed by atoms with E-state index in [2.05, 4.69) is 10.1 Å². The van der Waals surface area contributed by atoms with E-state index in [9.17, 15) is 0 Å². The van der Waals surface area contributed by atoms with Gasteiger partial charge in [-0.05, 0) is 31.2 Å². The summed E-state index contributed by atoms with van der Waals surface area (Å²) >= 11 is 0. The van der Waals surface area contributed by atoms with Crippen LogP contribution in [0.1, 0.15) is 5.69 Å². The molecular formula is C12H10N2O2. The van der Waals surface area contributed by atoms with Gasteiger partial charge in [-0.1, -0.05) is 5.16 Å². The average Bonchev–Trinajstić information content (AvgIpc) is 2.67. The number of hydrogen-bond donors (Lipinski definition) is 0. The first-order chi connectivity index (χ1) is 7.78. The number of ether oxygens (including phenoxy) is 1. The maximum absolute atomic E-state index is 5.18. The van der Waals surface area contributed by atoms with E-state index in [1.807, 2.05) is 31.2 Å². The molecule has 0 amide bonds. The molecule has 0 unspecified atom stereocenters. The first-order valence-corrected chi connectivity index (χ1v) is 4.99. The third kappa shape index (κ3) is 1.23. The number of rotatable bonds is 1. The van der Waals surface area contributed by atoms with Crippen LogP contribution in [0.5, 0.6) is 5.75 Å². The fraction of sp³-hybridized carbons (Fsp3) is 0.167. The minimum Gasteiger partial charge on any atom is -0.497 e. The summed E-state index contributed by atoms with van der Waals surface area (Å²) in [7, 11) is 1.65. The molecule has 0 N–H and O–H groups in total. The molecule has 16 heavy (non-hydrogen) atoms. The predicted octanol–water partition coefficient (Wildman–Crippen LogP) is 2.69. The zero-order chi connectivity index (χ0) is 11.1. The Morgan fingerprint density at radius 1 is 1.25 bits per heavy atom. The minimum atomic E-state index is 0.579. The van der Waals surface area contributed by atoms with Crippen LogP contribution in [0.3, 0.4) is 0 Å². The van der Waals surface area contributed by atoms with Gasteiger partial charge in [0.15, 0.2) is 0 Å². The fourth-order valence-corrected chi connectivity index (χ4v) is 1.75. The lowest BCUT2D eigenvalue weighted by molar-refractivity contribution is 0.415. The van der Waals surface area contributed by atoms with Crippen molar-refractivity contribution in [1.82, 2.24) is 10.1 Å². The zero-order valence-corrected chi connectivity index (χ0v) is 9.02. The number of benzene rings is 1. The maximum Gasteiger partial charge on any atom is 0.258 e. The molecule has 0 aliphatic heterocycles. The Balaban J connectivity index is 2.39. The van der Waals surface area contributed by atoms with Crippen LogP contribution in [0.2, 0.25) is 0 Å². The molecule has 0 aliphatic rings. The molecule has 0 spiro atoms. The van der Waals surface area contributed by atoms with Gasteiger partial charge in [0.25, 0.3) is 5.71 Å². The quantitative estimate of drug-likeness (QED) is 0.624. The largest absolute Gasteiger partial charge is 0.497 e. The van der Waals surface area contributed by atoms with Crippen molar-refractivity contribution in [2.24, 2.45) is 0 Å². The van der Waals surface area contributed by atoms with Crippen LogP contribution in [0.15, 0.2) is 28.8 Å². The summed E-state index contributed by atoms with van der Waals surface area (Å²) in [5, 5.41) is 5.86. The summed E-state index contributed by atoms with van der Waals surface area (Å²) in [5.41, 5.74) is 2.31. The highest BCUT2D eigenvalue weighted by Gasteiger charge is 2.07. The summed E-state index contributed by atoms with van der Waals surface area (Å²) in [4.78, 5) is 4.39. The molecule has 0 saturated heterocycles. The monoisotopic (exact) mass is 214 g/mol. The number of pyridine rings is 1. The van der Waals surface area contributed by atoms with Crippen LogP contribution in [-0.4, -0.2) is 17.3 Å². The Morgan fingerprint density at radius 2 is 2.12 bits per heavy atom. The van der Waals surface area contributed by atoms with Gasteiger partial charge in [-0.3, -0.25) is 0 Å². The van der Waals surface area contributed by atoms with Gasteiger partial charge in [0, 0.05) is 5.39 Å². The topological polar surface area (TPSA) is 48.2 Å². The summed E-state index contributed by atoms with van der Waals surface area (Å²) in [5.74, 6) is 0.822. The molecule has 4 nitrogen and oxygen atoms in total. The smallest absolute Gasteiger partial charge is 0.258 e. The first kappa shape index (κ1) is 9.15. The summed E-state index contributed by atoms with van der Waals surface area (Å²) in [6.45, 7) is 1.90. The van der Waals surface area contributed by atoms with Crippen LogP contribution >= 0.6 is 0 Å².